The van der Waals surface area contributed by atoms with Crippen LogP contribution in [0.3, 0.4) is 0 Å². The molecule has 3 heteroatoms. The molecule has 1 aliphatic rings. The topological polar surface area (TPSA) is 15.3 Å². The van der Waals surface area contributed by atoms with Crippen LogP contribution in [0.5, 0.6) is 0 Å². The first-order valence-electron chi connectivity index (χ1n) is 7.69. The molecule has 1 saturated heterocycles. The molecule has 1 aromatic carbocycles. The molecule has 112 valence electrons. The predicted molar refractivity (Wildman–Crippen MR) is 90.5 cm³/mol. The molecule has 1 N–H and O–H groups in total. The average Bonchev–Trinajstić information content (AvgIpc) is 2.44. The molecule has 0 bridgehead atoms. The van der Waals surface area contributed by atoms with Gasteiger partial charge in [0.2, 0.25) is 0 Å². The van der Waals surface area contributed by atoms with Crippen molar-refractivity contribution in [1.29, 1.82) is 0 Å². The fourth-order valence-corrected chi connectivity index (χ4v) is 3.70. The van der Waals surface area contributed by atoms with E-state index < -0.39 is 0 Å². The van der Waals surface area contributed by atoms with Crippen molar-refractivity contribution < 1.29 is 0 Å². The van der Waals surface area contributed by atoms with Gasteiger partial charge in [-0.25, -0.2) is 0 Å². The quantitative estimate of drug-likeness (QED) is 0.868. The zero-order valence-electron chi connectivity index (χ0n) is 13.0. The fraction of sp³-hybridized carbons (Fsp3) is 0.647. The summed E-state index contributed by atoms with van der Waals surface area (Å²) in [5.41, 5.74) is 1.44. The Morgan fingerprint density at radius 2 is 2.10 bits per heavy atom. The highest BCUT2D eigenvalue weighted by Crippen LogP contribution is 2.15. The highest BCUT2D eigenvalue weighted by Gasteiger charge is 2.25. The molecule has 1 aromatic rings. The van der Waals surface area contributed by atoms with Crippen molar-refractivity contribution in [3.63, 3.8) is 0 Å². The number of nitrogens with one attached hydrogen (secondary N) is 1. The van der Waals surface area contributed by atoms with Gasteiger partial charge in [-0.05, 0) is 36.8 Å². The predicted octanol–water partition coefficient (Wildman–Crippen LogP) is 2.89. The van der Waals surface area contributed by atoms with Crippen LogP contribution in [0.1, 0.15) is 19.4 Å². The standard InChI is InChI=1S/C17H28N2S/c1-14(13-20-3)11-19-12-17(18-10-15(19)2)9-16-7-5-4-6-8-16/h4-8,14-15,17-18H,9-13H2,1-3H3. The number of hydrogen-bond donors (Lipinski definition) is 1. The minimum Gasteiger partial charge on any atom is -0.311 e. The lowest BCUT2D eigenvalue weighted by molar-refractivity contribution is 0.126. The van der Waals surface area contributed by atoms with E-state index >= 15 is 0 Å². The molecule has 3 unspecified atom stereocenters. The lowest BCUT2D eigenvalue weighted by atomic mass is 10.0. The van der Waals surface area contributed by atoms with E-state index in [-0.39, 0.29) is 0 Å². The first-order chi connectivity index (χ1) is 9.69. The van der Waals surface area contributed by atoms with Gasteiger partial charge < -0.3 is 5.32 Å². The molecule has 1 heterocycles. The monoisotopic (exact) mass is 292 g/mol. The Morgan fingerprint density at radius 1 is 1.35 bits per heavy atom. The zero-order chi connectivity index (χ0) is 14.4. The Kier molecular flexibility index (Phi) is 6.40. The summed E-state index contributed by atoms with van der Waals surface area (Å²) in [4.78, 5) is 2.67. The maximum Gasteiger partial charge on any atom is 0.0236 e. The third-order valence-corrected chi connectivity index (χ3v) is 5.00. The van der Waals surface area contributed by atoms with Crippen molar-refractivity contribution in [1.82, 2.24) is 10.2 Å². The number of nitrogens with zero attached hydrogens (tertiary/aromatic N) is 1. The lowest BCUT2D eigenvalue weighted by Crippen LogP contribution is -2.57. The summed E-state index contributed by atoms with van der Waals surface area (Å²) in [6.07, 6.45) is 3.34. The number of rotatable bonds is 6. The molecule has 2 rings (SSSR count). The second-order valence-corrected chi connectivity index (χ2v) is 7.07. The maximum absolute atomic E-state index is 3.71. The molecular weight excluding hydrogens is 264 g/mol. The minimum absolute atomic E-state index is 0.593. The lowest BCUT2D eigenvalue weighted by Gasteiger charge is -2.40. The van der Waals surface area contributed by atoms with Gasteiger partial charge >= 0.3 is 0 Å². The molecule has 0 spiro atoms. The summed E-state index contributed by atoms with van der Waals surface area (Å²) >= 11 is 1.96. The van der Waals surface area contributed by atoms with E-state index in [0.29, 0.717) is 12.1 Å². The van der Waals surface area contributed by atoms with Crippen molar-refractivity contribution >= 4 is 11.8 Å². The summed E-state index contributed by atoms with van der Waals surface area (Å²) in [5.74, 6) is 2.04. The third kappa shape index (κ3) is 4.80. The van der Waals surface area contributed by atoms with Crippen LogP contribution in [-0.4, -0.2) is 48.6 Å². The Hall–Kier alpha value is -0.510. The summed E-state index contributed by atoms with van der Waals surface area (Å²) in [7, 11) is 0. The van der Waals surface area contributed by atoms with E-state index in [1.807, 2.05) is 11.8 Å². The molecule has 1 aliphatic heterocycles. The number of benzene rings is 1. The van der Waals surface area contributed by atoms with Gasteiger partial charge in [0.05, 0.1) is 0 Å². The number of thioether (sulfide) groups is 1. The van der Waals surface area contributed by atoms with Crippen LogP contribution in [-0.2, 0) is 6.42 Å². The van der Waals surface area contributed by atoms with Crippen LogP contribution in [0.25, 0.3) is 0 Å². The van der Waals surface area contributed by atoms with E-state index in [2.05, 4.69) is 60.7 Å². The summed E-state index contributed by atoms with van der Waals surface area (Å²) in [6, 6.07) is 12.1. The first-order valence-corrected chi connectivity index (χ1v) is 9.08. The van der Waals surface area contributed by atoms with Gasteiger partial charge in [-0.1, -0.05) is 37.3 Å². The van der Waals surface area contributed by atoms with E-state index in [9.17, 15) is 0 Å². The molecule has 0 aliphatic carbocycles. The van der Waals surface area contributed by atoms with Crippen LogP contribution in [0.2, 0.25) is 0 Å². The minimum atomic E-state index is 0.593. The summed E-state index contributed by atoms with van der Waals surface area (Å²) in [6.45, 7) is 8.24. The highest BCUT2D eigenvalue weighted by molar-refractivity contribution is 7.98. The van der Waals surface area contributed by atoms with Crippen molar-refractivity contribution in [3.05, 3.63) is 35.9 Å². The molecule has 1 fully saturated rings. The SMILES string of the molecule is CSCC(C)CN1CC(Cc2ccccc2)NCC1C. The Bertz CT molecular complexity index is 382. The van der Waals surface area contributed by atoms with Crippen LogP contribution >= 0.6 is 11.8 Å². The molecule has 3 atom stereocenters. The van der Waals surface area contributed by atoms with E-state index in [4.69, 9.17) is 0 Å². The molecule has 0 radical (unpaired) electrons. The molecule has 20 heavy (non-hydrogen) atoms. The van der Waals surface area contributed by atoms with Crippen LogP contribution in [0.4, 0.5) is 0 Å². The smallest absolute Gasteiger partial charge is 0.0236 e. The Balaban J connectivity index is 1.87. The normalized spacial score (nSPS) is 25.6. The zero-order valence-corrected chi connectivity index (χ0v) is 13.8. The van der Waals surface area contributed by atoms with Gasteiger partial charge in [0.25, 0.3) is 0 Å². The van der Waals surface area contributed by atoms with Gasteiger partial charge in [-0.2, -0.15) is 11.8 Å². The van der Waals surface area contributed by atoms with Gasteiger partial charge in [-0.3, -0.25) is 4.90 Å². The fourth-order valence-electron chi connectivity index (χ4n) is 3.02. The van der Waals surface area contributed by atoms with Gasteiger partial charge in [0.1, 0.15) is 0 Å². The van der Waals surface area contributed by atoms with Crippen LogP contribution in [0.15, 0.2) is 30.3 Å². The maximum atomic E-state index is 3.71. The average molecular weight is 292 g/mol. The Labute approximate surface area is 128 Å². The molecular formula is C17H28N2S. The highest BCUT2D eigenvalue weighted by atomic mass is 32.2. The van der Waals surface area contributed by atoms with Crippen LogP contribution < -0.4 is 5.32 Å². The largest absolute Gasteiger partial charge is 0.311 e. The van der Waals surface area contributed by atoms with Crippen molar-refractivity contribution in [2.24, 2.45) is 5.92 Å². The van der Waals surface area contributed by atoms with Crippen molar-refractivity contribution in [2.45, 2.75) is 32.4 Å². The second kappa shape index (κ2) is 8.06. The summed E-state index contributed by atoms with van der Waals surface area (Å²) in [5, 5.41) is 3.71. The molecule has 0 amide bonds. The van der Waals surface area contributed by atoms with Gasteiger partial charge in [0, 0.05) is 31.7 Å². The summed E-state index contributed by atoms with van der Waals surface area (Å²) < 4.78 is 0. The van der Waals surface area contributed by atoms with E-state index in [1.54, 1.807) is 0 Å². The van der Waals surface area contributed by atoms with E-state index in [1.165, 1.54) is 24.4 Å². The molecule has 2 nitrogen and oxygen atoms in total. The Morgan fingerprint density at radius 3 is 2.80 bits per heavy atom. The second-order valence-electron chi connectivity index (χ2n) is 6.16. The van der Waals surface area contributed by atoms with Gasteiger partial charge in [0.15, 0.2) is 0 Å². The molecule has 0 saturated carbocycles. The van der Waals surface area contributed by atoms with Crippen molar-refractivity contribution in [3.8, 4) is 0 Å². The van der Waals surface area contributed by atoms with Gasteiger partial charge in [-0.15, -0.1) is 0 Å². The number of hydrogen-bond acceptors (Lipinski definition) is 3. The first kappa shape index (κ1) is 15.9. The van der Waals surface area contributed by atoms with Crippen LogP contribution in [0, 0.1) is 5.92 Å². The van der Waals surface area contributed by atoms with E-state index in [0.717, 1.165) is 18.9 Å². The third-order valence-electron chi connectivity index (χ3n) is 4.10. The molecule has 0 aromatic heterocycles. The van der Waals surface area contributed by atoms with Crippen molar-refractivity contribution in [2.75, 3.05) is 31.6 Å². The number of piperazine rings is 1.